The monoisotopic (exact) mass is 269 g/mol. The van der Waals surface area contributed by atoms with Gasteiger partial charge in [0.15, 0.2) is 5.76 Å². The minimum Gasteiger partial charge on any atom is -0.455 e. The standard InChI is InChI=1S/C13H19NO3S/c1-3-10-8-16-7-6-14(10)13(15)12-5-4-11(17-12)9-18-2/h4-5,10H,3,6-9H2,1-2H3/t10-/m0/s1. The number of thioether (sulfide) groups is 1. The average molecular weight is 269 g/mol. The first-order valence-corrected chi connectivity index (χ1v) is 7.62. The molecule has 0 N–H and O–H groups in total. The second-order valence-corrected chi connectivity index (χ2v) is 5.20. The molecular weight excluding hydrogens is 250 g/mol. The lowest BCUT2D eigenvalue weighted by atomic mass is 10.1. The Morgan fingerprint density at radius 3 is 3.11 bits per heavy atom. The van der Waals surface area contributed by atoms with Crippen LogP contribution in [0.15, 0.2) is 16.5 Å². The zero-order valence-corrected chi connectivity index (χ0v) is 11.7. The first-order chi connectivity index (χ1) is 8.76. The number of carbonyl (C=O) groups is 1. The molecule has 0 spiro atoms. The van der Waals surface area contributed by atoms with Crippen LogP contribution in [0.1, 0.15) is 29.7 Å². The lowest BCUT2D eigenvalue weighted by Gasteiger charge is -2.34. The molecule has 2 rings (SSSR count). The molecule has 1 fully saturated rings. The fraction of sp³-hybridized carbons (Fsp3) is 0.615. The molecule has 1 atom stereocenters. The molecule has 0 unspecified atom stereocenters. The second-order valence-electron chi connectivity index (χ2n) is 4.33. The first-order valence-electron chi connectivity index (χ1n) is 6.22. The number of carbonyl (C=O) groups excluding carboxylic acids is 1. The van der Waals surface area contributed by atoms with E-state index in [0.717, 1.165) is 17.9 Å². The van der Waals surface area contributed by atoms with Gasteiger partial charge in [-0.25, -0.2) is 0 Å². The Kier molecular flexibility index (Phi) is 4.72. The fourth-order valence-electron chi connectivity index (χ4n) is 2.11. The van der Waals surface area contributed by atoms with E-state index in [-0.39, 0.29) is 11.9 Å². The zero-order valence-electron chi connectivity index (χ0n) is 10.8. The number of furan rings is 1. The Bertz CT molecular complexity index is 405. The van der Waals surface area contributed by atoms with Crippen molar-refractivity contribution in [2.24, 2.45) is 0 Å². The molecule has 1 amide bonds. The van der Waals surface area contributed by atoms with Gasteiger partial charge in [0.05, 0.1) is 25.0 Å². The van der Waals surface area contributed by atoms with Crippen molar-refractivity contribution in [1.82, 2.24) is 4.90 Å². The maximum Gasteiger partial charge on any atom is 0.289 e. The van der Waals surface area contributed by atoms with Gasteiger partial charge in [-0.3, -0.25) is 4.79 Å². The van der Waals surface area contributed by atoms with Gasteiger partial charge < -0.3 is 14.1 Å². The summed E-state index contributed by atoms with van der Waals surface area (Å²) in [6.45, 7) is 3.96. The third kappa shape index (κ3) is 2.90. The summed E-state index contributed by atoms with van der Waals surface area (Å²) in [4.78, 5) is 14.2. The van der Waals surface area contributed by atoms with Gasteiger partial charge in [-0.05, 0) is 24.8 Å². The average Bonchev–Trinajstić information content (AvgIpc) is 2.87. The van der Waals surface area contributed by atoms with E-state index in [1.807, 2.05) is 17.2 Å². The van der Waals surface area contributed by atoms with Gasteiger partial charge in [-0.2, -0.15) is 11.8 Å². The Morgan fingerprint density at radius 2 is 2.39 bits per heavy atom. The smallest absolute Gasteiger partial charge is 0.289 e. The molecule has 0 saturated carbocycles. The Morgan fingerprint density at radius 1 is 1.56 bits per heavy atom. The topological polar surface area (TPSA) is 42.7 Å². The molecule has 2 heterocycles. The molecule has 1 aliphatic rings. The van der Waals surface area contributed by atoms with Crippen LogP contribution in [0.3, 0.4) is 0 Å². The maximum absolute atomic E-state index is 12.4. The van der Waals surface area contributed by atoms with Gasteiger partial charge >= 0.3 is 0 Å². The minimum atomic E-state index is -0.0162. The summed E-state index contributed by atoms with van der Waals surface area (Å²) in [5.74, 6) is 2.08. The Balaban J connectivity index is 2.08. The molecule has 100 valence electrons. The highest BCUT2D eigenvalue weighted by molar-refractivity contribution is 7.97. The Labute approximate surface area is 112 Å². The van der Waals surface area contributed by atoms with E-state index in [0.29, 0.717) is 25.5 Å². The molecular formula is C13H19NO3S. The van der Waals surface area contributed by atoms with Crippen molar-refractivity contribution < 1.29 is 13.9 Å². The Hall–Kier alpha value is -0.940. The lowest BCUT2D eigenvalue weighted by molar-refractivity contribution is -0.00439. The van der Waals surface area contributed by atoms with Gasteiger partial charge in [0.25, 0.3) is 5.91 Å². The first kappa shape index (κ1) is 13.5. The van der Waals surface area contributed by atoms with E-state index < -0.39 is 0 Å². The molecule has 1 aromatic rings. The molecule has 0 aromatic carbocycles. The van der Waals surface area contributed by atoms with Crippen molar-refractivity contribution in [2.45, 2.75) is 25.1 Å². The van der Waals surface area contributed by atoms with E-state index in [9.17, 15) is 4.79 Å². The lowest BCUT2D eigenvalue weighted by Crippen LogP contribution is -2.48. The SMILES string of the molecule is CC[C@H]1COCCN1C(=O)c1ccc(CSC)o1. The van der Waals surface area contributed by atoms with E-state index in [1.54, 1.807) is 17.8 Å². The summed E-state index contributed by atoms with van der Waals surface area (Å²) in [7, 11) is 0. The number of ether oxygens (including phenoxy) is 1. The number of amides is 1. The maximum atomic E-state index is 12.4. The van der Waals surface area contributed by atoms with E-state index in [1.165, 1.54) is 0 Å². The number of morpholine rings is 1. The van der Waals surface area contributed by atoms with Crippen LogP contribution >= 0.6 is 11.8 Å². The molecule has 0 bridgehead atoms. The predicted molar refractivity (Wildman–Crippen MR) is 71.9 cm³/mol. The zero-order chi connectivity index (χ0) is 13.0. The molecule has 18 heavy (non-hydrogen) atoms. The molecule has 1 aromatic heterocycles. The summed E-state index contributed by atoms with van der Waals surface area (Å²) < 4.78 is 11.0. The highest BCUT2D eigenvalue weighted by Crippen LogP contribution is 2.18. The number of hydrogen-bond donors (Lipinski definition) is 0. The van der Waals surface area contributed by atoms with Crippen LogP contribution in [0, 0.1) is 0 Å². The van der Waals surface area contributed by atoms with Crippen LogP contribution in [-0.2, 0) is 10.5 Å². The number of rotatable bonds is 4. The van der Waals surface area contributed by atoms with Crippen LogP contribution < -0.4 is 0 Å². The minimum absolute atomic E-state index is 0.0162. The van der Waals surface area contributed by atoms with E-state index in [4.69, 9.17) is 9.15 Å². The number of nitrogens with zero attached hydrogens (tertiary/aromatic N) is 1. The number of hydrogen-bond acceptors (Lipinski definition) is 4. The van der Waals surface area contributed by atoms with Crippen LogP contribution in [0.4, 0.5) is 0 Å². The van der Waals surface area contributed by atoms with Crippen LogP contribution in [0.2, 0.25) is 0 Å². The molecule has 5 heteroatoms. The summed E-state index contributed by atoms with van der Waals surface area (Å²) in [6.07, 6.45) is 2.92. The highest BCUT2D eigenvalue weighted by atomic mass is 32.2. The van der Waals surface area contributed by atoms with Gasteiger partial charge in [0, 0.05) is 6.54 Å². The van der Waals surface area contributed by atoms with Crippen LogP contribution in [-0.4, -0.2) is 42.9 Å². The summed E-state index contributed by atoms with van der Waals surface area (Å²) in [5, 5.41) is 0. The van der Waals surface area contributed by atoms with E-state index >= 15 is 0 Å². The van der Waals surface area contributed by atoms with Crippen LogP contribution in [0.25, 0.3) is 0 Å². The molecule has 1 aliphatic heterocycles. The van der Waals surface area contributed by atoms with Gasteiger partial charge in [-0.15, -0.1) is 0 Å². The predicted octanol–water partition coefficient (Wildman–Crippen LogP) is 2.39. The van der Waals surface area contributed by atoms with Gasteiger partial charge in [0.2, 0.25) is 0 Å². The van der Waals surface area contributed by atoms with Gasteiger partial charge in [0.1, 0.15) is 5.76 Å². The van der Waals surface area contributed by atoms with E-state index in [2.05, 4.69) is 6.92 Å². The van der Waals surface area contributed by atoms with Crippen molar-refractivity contribution in [3.63, 3.8) is 0 Å². The molecule has 0 aliphatic carbocycles. The van der Waals surface area contributed by atoms with Crippen molar-refractivity contribution >= 4 is 17.7 Å². The summed E-state index contributed by atoms with van der Waals surface area (Å²) in [6, 6.07) is 3.82. The van der Waals surface area contributed by atoms with Crippen molar-refractivity contribution in [3.8, 4) is 0 Å². The van der Waals surface area contributed by atoms with Crippen molar-refractivity contribution in [2.75, 3.05) is 26.0 Å². The van der Waals surface area contributed by atoms with Crippen molar-refractivity contribution in [1.29, 1.82) is 0 Å². The summed E-state index contributed by atoms with van der Waals surface area (Å²) >= 11 is 1.68. The normalized spacial score (nSPS) is 20.1. The largest absolute Gasteiger partial charge is 0.455 e. The molecule has 1 saturated heterocycles. The second kappa shape index (κ2) is 6.29. The fourth-order valence-corrected chi connectivity index (χ4v) is 2.55. The molecule has 0 radical (unpaired) electrons. The third-order valence-electron chi connectivity index (χ3n) is 3.12. The van der Waals surface area contributed by atoms with Crippen molar-refractivity contribution in [3.05, 3.63) is 23.7 Å². The van der Waals surface area contributed by atoms with Crippen LogP contribution in [0.5, 0.6) is 0 Å². The highest BCUT2D eigenvalue weighted by Gasteiger charge is 2.28. The molecule has 4 nitrogen and oxygen atoms in total. The van der Waals surface area contributed by atoms with Gasteiger partial charge in [-0.1, -0.05) is 6.92 Å². The summed E-state index contributed by atoms with van der Waals surface area (Å²) in [5.41, 5.74) is 0. The quantitative estimate of drug-likeness (QED) is 0.841. The third-order valence-corrected chi connectivity index (χ3v) is 3.69.